The molecule has 0 spiro atoms. The van der Waals surface area contributed by atoms with Gasteiger partial charge in [0.1, 0.15) is 0 Å². The molecule has 1 nitrogen and oxygen atoms in total. The molecule has 1 aromatic rings. The van der Waals surface area contributed by atoms with E-state index in [1.54, 1.807) is 0 Å². The molecule has 0 bridgehead atoms. The van der Waals surface area contributed by atoms with Crippen molar-refractivity contribution >= 4 is 0 Å². The number of aliphatic hydroxyl groups is 1. The number of hydrogen-bond donors (Lipinski definition) is 1. The van der Waals surface area contributed by atoms with Gasteiger partial charge in [0.15, 0.2) is 0 Å². The van der Waals surface area contributed by atoms with Crippen LogP contribution >= 0.6 is 0 Å². The lowest BCUT2D eigenvalue weighted by atomic mass is 9.85. The largest absolute Gasteiger partial charge is 0.388 e. The molecule has 0 amide bonds. The fourth-order valence-corrected chi connectivity index (χ4v) is 2.38. The highest BCUT2D eigenvalue weighted by atomic mass is 16.3. The average molecular weight is 248 g/mol. The van der Waals surface area contributed by atoms with Crippen LogP contribution in [0.15, 0.2) is 24.3 Å². The van der Waals surface area contributed by atoms with E-state index in [-0.39, 0.29) is 11.5 Å². The molecular weight excluding hydrogens is 220 g/mol. The smallest absolute Gasteiger partial charge is 0.0815 e. The van der Waals surface area contributed by atoms with Crippen molar-refractivity contribution in [1.29, 1.82) is 0 Å². The summed E-state index contributed by atoms with van der Waals surface area (Å²) < 4.78 is 0. The minimum Gasteiger partial charge on any atom is -0.388 e. The lowest BCUT2D eigenvalue weighted by Crippen LogP contribution is -2.13. The Balaban J connectivity index is 2.79. The van der Waals surface area contributed by atoms with Gasteiger partial charge >= 0.3 is 0 Å². The molecule has 1 rings (SSSR count). The van der Waals surface area contributed by atoms with E-state index in [0.29, 0.717) is 11.8 Å². The topological polar surface area (TPSA) is 20.2 Å². The van der Waals surface area contributed by atoms with E-state index in [1.165, 1.54) is 5.56 Å². The van der Waals surface area contributed by atoms with Gasteiger partial charge in [-0.2, -0.15) is 0 Å². The molecule has 0 saturated heterocycles. The van der Waals surface area contributed by atoms with Crippen molar-refractivity contribution in [3.63, 3.8) is 0 Å². The maximum absolute atomic E-state index is 10.3. The van der Waals surface area contributed by atoms with E-state index in [2.05, 4.69) is 65.8 Å². The molecule has 1 heteroatoms. The first kappa shape index (κ1) is 15.2. The number of aliphatic hydroxyl groups excluding tert-OH is 1. The lowest BCUT2D eigenvalue weighted by Gasteiger charge is -2.23. The van der Waals surface area contributed by atoms with Gasteiger partial charge in [-0.3, -0.25) is 0 Å². The van der Waals surface area contributed by atoms with Crippen molar-refractivity contribution in [2.24, 2.45) is 11.8 Å². The minimum atomic E-state index is -0.346. The van der Waals surface area contributed by atoms with Crippen LogP contribution in [0.5, 0.6) is 0 Å². The highest BCUT2D eigenvalue weighted by Crippen LogP contribution is 2.29. The summed E-state index contributed by atoms with van der Waals surface area (Å²) >= 11 is 0. The van der Waals surface area contributed by atoms with Gasteiger partial charge in [-0.25, -0.2) is 0 Å². The van der Waals surface area contributed by atoms with Gasteiger partial charge in [0, 0.05) is 0 Å². The summed E-state index contributed by atoms with van der Waals surface area (Å²) in [4.78, 5) is 0. The second-order valence-corrected chi connectivity index (χ2v) is 6.92. The Kier molecular flexibility index (Phi) is 4.98. The Hall–Kier alpha value is -0.820. The molecule has 0 heterocycles. The highest BCUT2D eigenvalue weighted by Gasteiger charge is 2.19. The molecule has 2 atom stereocenters. The molecule has 0 aliphatic carbocycles. The Labute approximate surface area is 112 Å². The number of hydrogen-bond acceptors (Lipinski definition) is 1. The van der Waals surface area contributed by atoms with Gasteiger partial charge in [-0.15, -0.1) is 0 Å². The van der Waals surface area contributed by atoms with E-state index in [9.17, 15) is 5.11 Å². The normalized spacial score (nSPS) is 15.8. The predicted octanol–water partition coefficient (Wildman–Crippen LogP) is 4.70. The van der Waals surface area contributed by atoms with Crippen molar-refractivity contribution in [1.82, 2.24) is 0 Å². The first-order valence-corrected chi connectivity index (χ1v) is 7.00. The van der Waals surface area contributed by atoms with Gasteiger partial charge in [0.2, 0.25) is 0 Å². The SMILES string of the molecule is CC(C)CC(C)C(O)c1ccc(C(C)(C)C)cc1. The molecule has 0 fully saturated rings. The molecular formula is C17H28O. The molecule has 1 N–H and O–H groups in total. The average Bonchev–Trinajstić information content (AvgIpc) is 2.26. The molecule has 1 aromatic carbocycles. The molecule has 18 heavy (non-hydrogen) atoms. The summed E-state index contributed by atoms with van der Waals surface area (Å²) in [5.41, 5.74) is 2.53. The van der Waals surface area contributed by atoms with Gasteiger partial charge < -0.3 is 5.11 Å². The maximum Gasteiger partial charge on any atom is 0.0815 e. The maximum atomic E-state index is 10.3. The van der Waals surface area contributed by atoms with Crippen molar-refractivity contribution in [2.75, 3.05) is 0 Å². The van der Waals surface area contributed by atoms with Crippen LogP contribution in [0, 0.1) is 11.8 Å². The summed E-state index contributed by atoms with van der Waals surface area (Å²) in [5, 5.41) is 10.3. The van der Waals surface area contributed by atoms with Crippen LogP contribution in [-0.4, -0.2) is 5.11 Å². The van der Waals surface area contributed by atoms with E-state index >= 15 is 0 Å². The highest BCUT2D eigenvalue weighted by molar-refractivity contribution is 5.28. The zero-order chi connectivity index (χ0) is 13.9. The molecule has 0 aromatic heterocycles. The second-order valence-electron chi connectivity index (χ2n) is 6.92. The summed E-state index contributed by atoms with van der Waals surface area (Å²) in [7, 11) is 0. The zero-order valence-electron chi connectivity index (χ0n) is 12.7. The monoisotopic (exact) mass is 248 g/mol. The summed E-state index contributed by atoms with van der Waals surface area (Å²) in [6.07, 6.45) is 0.712. The van der Waals surface area contributed by atoms with Crippen LogP contribution in [0.1, 0.15) is 65.2 Å². The van der Waals surface area contributed by atoms with Crippen molar-refractivity contribution in [3.05, 3.63) is 35.4 Å². The van der Waals surface area contributed by atoms with Crippen LogP contribution in [0.2, 0.25) is 0 Å². The molecule has 0 radical (unpaired) electrons. The van der Waals surface area contributed by atoms with E-state index < -0.39 is 0 Å². The van der Waals surface area contributed by atoms with E-state index in [4.69, 9.17) is 0 Å². The first-order chi connectivity index (χ1) is 8.21. The predicted molar refractivity (Wildman–Crippen MR) is 78.7 cm³/mol. The summed E-state index contributed by atoms with van der Waals surface area (Å²) in [6, 6.07) is 8.42. The van der Waals surface area contributed by atoms with Crippen LogP contribution in [0.25, 0.3) is 0 Å². The minimum absolute atomic E-state index is 0.174. The fourth-order valence-electron chi connectivity index (χ4n) is 2.38. The molecule has 0 aliphatic rings. The third kappa shape index (κ3) is 4.13. The van der Waals surface area contributed by atoms with Gasteiger partial charge in [-0.1, -0.05) is 65.8 Å². The summed E-state index contributed by atoms with van der Waals surface area (Å²) in [6.45, 7) is 13.2. The van der Waals surface area contributed by atoms with E-state index in [0.717, 1.165) is 12.0 Å². The van der Waals surface area contributed by atoms with Gasteiger partial charge in [0.05, 0.1) is 6.10 Å². The lowest BCUT2D eigenvalue weighted by molar-refractivity contribution is 0.105. The van der Waals surface area contributed by atoms with Crippen LogP contribution < -0.4 is 0 Å². The Bertz CT molecular complexity index is 356. The Morgan fingerprint density at radius 3 is 1.89 bits per heavy atom. The third-order valence-corrected chi connectivity index (χ3v) is 3.50. The van der Waals surface area contributed by atoms with Crippen molar-refractivity contribution in [2.45, 2.75) is 59.5 Å². The van der Waals surface area contributed by atoms with Crippen molar-refractivity contribution < 1.29 is 5.11 Å². The Morgan fingerprint density at radius 1 is 1.00 bits per heavy atom. The van der Waals surface area contributed by atoms with Gasteiger partial charge in [0.25, 0.3) is 0 Å². The quantitative estimate of drug-likeness (QED) is 0.819. The van der Waals surface area contributed by atoms with Gasteiger partial charge in [-0.05, 0) is 34.8 Å². The van der Waals surface area contributed by atoms with Crippen LogP contribution in [0.3, 0.4) is 0 Å². The third-order valence-electron chi connectivity index (χ3n) is 3.50. The number of benzene rings is 1. The van der Waals surface area contributed by atoms with Crippen LogP contribution in [0.4, 0.5) is 0 Å². The second kappa shape index (κ2) is 5.88. The summed E-state index contributed by atoms with van der Waals surface area (Å²) in [5.74, 6) is 0.939. The standard InChI is InChI=1S/C17H28O/c1-12(2)11-13(3)16(18)14-7-9-15(10-8-14)17(4,5)6/h7-10,12-13,16,18H,11H2,1-6H3. The molecule has 0 aliphatic heterocycles. The van der Waals surface area contributed by atoms with E-state index in [1.807, 2.05) is 0 Å². The molecule has 102 valence electrons. The molecule has 0 saturated carbocycles. The van der Waals surface area contributed by atoms with Crippen LogP contribution in [-0.2, 0) is 5.41 Å². The first-order valence-electron chi connectivity index (χ1n) is 7.00. The number of rotatable bonds is 4. The van der Waals surface area contributed by atoms with Crippen molar-refractivity contribution in [3.8, 4) is 0 Å². The Morgan fingerprint density at radius 2 is 1.50 bits per heavy atom. The zero-order valence-corrected chi connectivity index (χ0v) is 12.7. The molecule has 2 unspecified atom stereocenters. The fraction of sp³-hybridized carbons (Fsp3) is 0.647.